The van der Waals surface area contributed by atoms with Crippen LogP contribution in [0.1, 0.15) is 18.1 Å². The molecule has 0 fully saturated rings. The normalized spacial score (nSPS) is 12.0. The van der Waals surface area contributed by atoms with Crippen LogP contribution in [-0.2, 0) is 11.3 Å². The van der Waals surface area contributed by atoms with Gasteiger partial charge in [-0.05, 0) is 50.2 Å². The van der Waals surface area contributed by atoms with Crippen LogP contribution < -0.4 is 5.55 Å². The SMILES string of the molecule is CCOCc1cc2cc(Br)ccc2o/c1=N\c1ccc(C)cc1. The molecule has 3 aromatic rings. The summed E-state index contributed by atoms with van der Waals surface area (Å²) in [4.78, 5) is 4.65. The van der Waals surface area contributed by atoms with Crippen molar-refractivity contribution < 1.29 is 9.15 Å². The van der Waals surface area contributed by atoms with Crippen molar-refractivity contribution in [1.29, 1.82) is 0 Å². The van der Waals surface area contributed by atoms with Crippen molar-refractivity contribution >= 4 is 32.6 Å². The van der Waals surface area contributed by atoms with Crippen molar-refractivity contribution in [3.63, 3.8) is 0 Å². The van der Waals surface area contributed by atoms with Crippen molar-refractivity contribution in [2.75, 3.05) is 6.61 Å². The number of ether oxygens (including phenoxy) is 1. The van der Waals surface area contributed by atoms with E-state index in [-0.39, 0.29) is 0 Å². The molecule has 0 aliphatic rings. The van der Waals surface area contributed by atoms with E-state index in [0.29, 0.717) is 18.8 Å². The number of aryl methyl sites for hydroxylation is 1. The summed E-state index contributed by atoms with van der Waals surface area (Å²) in [5, 5.41) is 1.02. The second-order valence-electron chi connectivity index (χ2n) is 5.34. The molecular formula is C19H18BrNO2. The molecule has 0 spiro atoms. The molecule has 0 saturated heterocycles. The van der Waals surface area contributed by atoms with E-state index in [9.17, 15) is 0 Å². The third kappa shape index (κ3) is 3.89. The van der Waals surface area contributed by atoms with Crippen molar-refractivity contribution in [2.45, 2.75) is 20.5 Å². The number of fused-ring (bicyclic) bond motifs is 1. The molecule has 0 atom stereocenters. The second kappa shape index (κ2) is 7.11. The van der Waals surface area contributed by atoms with E-state index in [1.165, 1.54) is 5.56 Å². The van der Waals surface area contributed by atoms with Gasteiger partial charge >= 0.3 is 0 Å². The lowest BCUT2D eigenvalue weighted by Gasteiger charge is -2.05. The highest BCUT2D eigenvalue weighted by molar-refractivity contribution is 9.10. The molecule has 4 heteroatoms. The summed E-state index contributed by atoms with van der Waals surface area (Å²) >= 11 is 3.49. The van der Waals surface area contributed by atoms with Gasteiger partial charge in [-0.2, -0.15) is 0 Å². The van der Waals surface area contributed by atoms with Crippen molar-refractivity contribution in [1.82, 2.24) is 0 Å². The van der Waals surface area contributed by atoms with Crippen LogP contribution in [-0.4, -0.2) is 6.61 Å². The molecule has 23 heavy (non-hydrogen) atoms. The zero-order valence-corrected chi connectivity index (χ0v) is 14.8. The van der Waals surface area contributed by atoms with Crippen molar-refractivity contribution in [2.24, 2.45) is 4.99 Å². The van der Waals surface area contributed by atoms with Gasteiger partial charge in [0.1, 0.15) is 5.58 Å². The fourth-order valence-corrected chi connectivity index (χ4v) is 2.67. The number of hydrogen-bond acceptors (Lipinski definition) is 3. The van der Waals surface area contributed by atoms with Crippen LogP contribution in [0.2, 0.25) is 0 Å². The molecule has 0 radical (unpaired) electrons. The Morgan fingerprint density at radius 2 is 1.87 bits per heavy atom. The Balaban J connectivity index is 2.15. The fraction of sp³-hybridized carbons (Fsp3) is 0.211. The van der Waals surface area contributed by atoms with Crippen molar-refractivity contribution in [3.05, 3.63) is 69.7 Å². The fourth-order valence-electron chi connectivity index (χ4n) is 2.29. The molecule has 3 nitrogen and oxygen atoms in total. The van der Waals surface area contributed by atoms with E-state index in [2.05, 4.69) is 33.9 Å². The first-order valence-corrected chi connectivity index (χ1v) is 8.36. The lowest BCUT2D eigenvalue weighted by molar-refractivity contribution is 0.131. The number of hydrogen-bond donors (Lipinski definition) is 0. The average Bonchev–Trinajstić information content (AvgIpc) is 2.55. The lowest BCUT2D eigenvalue weighted by atomic mass is 10.2. The molecule has 0 bridgehead atoms. The molecule has 0 unspecified atom stereocenters. The van der Waals surface area contributed by atoms with Crippen LogP contribution in [0, 0.1) is 6.92 Å². The second-order valence-corrected chi connectivity index (χ2v) is 6.26. The minimum atomic E-state index is 0.479. The third-order valence-electron chi connectivity index (χ3n) is 3.51. The monoisotopic (exact) mass is 371 g/mol. The predicted octanol–water partition coefficient (Wildman–Crippen LogP) is 5.27. The van der Waals surface area contributed by atoms with E-state index in [1.54, 1.807) is 0 Å². The van der Waals surface area contributed by atoms with Gasteiger partial charge in [-0.25, -0.2) is 4.99 Å². The van der Waals surface area contributed by atoms with E-state index >= 15 is 0 Å². The number of rotatable bonds is 4. The van der Waals surface area contributed by atoms with Gasteiger partial charge < -0.3 is 9.15 Å². The van der Waals surface area contributed by atoms with Gasteiger partial charge in [0.25, 0.3) is 0 Å². The van der Waals surface area contributed by atoms with Crippen LogP contribution >= 0.6 is 15.9 Å². The van der Waals surface area contributed by atoms with Gasteiger partial charge in [0.15, 0.2) is 0 Å². The highest BCUT2D eigenvalue weighted by Gasteiger charge is 2.05. The first kappa shape index (κ1) is 16.0. The van der Waals surface area contributed by atoms with Crippen LogP contribution in [0.25, 0.3) is 11.0 Å². The Morgan fingerprint density at radius 1 is 1.09 bits per heavy atom. The maximum atomic E-state index is 6.01. The first-order valence-electron chi connectivity index (χ1n) is 7.57. The molecule has 2 aromatic carbocycles. The molecule has 3 rings (SSSR count). The number of benzene rings is 2. The highest BCUT2D eigenvalue weighted by Crippen LogP contribution is 2.20. The van der Waals surface area contributed by atoms with Crippen LogP contribution in [0.3, 0.4) is 0 Å². The quantitative estimate of drug-likeness (QED) is 0.625. The molecule has 0 saturated carbocycles. The summed E-state index contributed by atoms with van der Waals surface area (Å²) in [6, 6.07) is 16.1. The van der Waals surface area contributed by atoms with Gasteiger partial charge in [-0.3, -0.25) is 0 Å². The Hall–Kier alpha value is -1.91. The summed E-state index contributed by atoms with van der Waals surface area (Å²) in [6.07, 6.45) is 0. The standard InChI is InChI=1S/C19H18BrNO2/c1-3-22-12-15-10-14-11-16(20)6-9-18(14)23-19(15)21-17-7-4-13(2)5-8-17/h4-11H,3,12H2,1-2H3/b21-19-. The molecule has 0 aliphatic carbocycles. The Kier molecular flexibility index (Phi) is 4.94. The molecule has 1 heterocycles. The molecule has 118 valence electrons. The van der Waals surface area contributed by atoms with E-state index in [1.807, 2.05) is 49.4 Å². The summed E-state index contributed by atoms with van der Waals surface area (Å²) in [7, 11) is 0. The van der Waals surface area contributed by atoms with Gasteiger partial charge in [0, 0.05) is 22.0 Å². The Labute approximate surface area is 143 Å². The van der Waals surface area contributed by atoms with E-state index in [4.69, 9.17) is 9.15 Å². The minimum absolute atomic E-state index is 0.479. The molecule has 0 aliphatic heterocycles. The minimum Gasteiger partial charge on any atom is -0.438 e. The highest BCUT2D eigenvalue weighted by atomic mass is 79.9. The average molecular weight is 372 g/mol. The van der Waals surface area contributed by atoms with E-state index < -0.39 is 0 Å². The van der Waals surface area contributed by atoms with Crippen LogP contribution in [0.15, 0.2) is 62.4 Å². The smallest absolute Gasteiger partial charge is 0.225 e. The maximum Gasteiger partial charge on any atom is 0.225 e. The first-order chi connectivity index (χ1) is 11.2. The van der Waals surface area contributed by atoms with Crippen molar-refractivity contribution in [3.8, 4) is 0 Å². The molecule has 1 aromatic heterocycles. The maximum absolute atomic E-state index is 6.01. The largest absolute Gasteiger partial charge is 0.438 e. The number of halogens is 1. The zero-order valence-electron chi connectivity index (χ0n) is 13.2. The summed E-state index contributed by atoms with van der Waals surface area (Å²) in [6.45, 7) is 5.17. The van der Waals surface area contributed by atoms with E-state index in [0.717, 1.165) is 26.7 Å². The van der Waals surface area contributed by atoms with Gasteiger partial charge in [0.2, 0.25) is 5.55 Å². The zero-order chi connectivity index (χ0) is 16.2. The molecular weight excluding hydrogens is 354 g/mol. The van der Waals surface area contributed by atoms with Gasteiger partial charge in [-0.15, -0.1) is 0 Å². The van der Waals surface area contributed by atoms with Crippen LogP contribution in [0.4, 0.5) is 5.69 Å². The topological polar surface area (TPSA) is 34.7 Å². The lowest BCUT2D eigenvalue weighted by Crippen LogP contribution is -2.10. The van der Waals surface area contributed by atoms with Gasteiger partial charge in [-0.1, -0.05) is 33.6 Å². The number of nitrogens with zero attached hydrogens (tertiary/aromatic N) is 1. The Bertz CT molecular complexity index is 882. The summed E-state index contributed by atoms with van der Waals surface area (Å²) in [5.41, 5.74) is 4.42. The van der Waals surface area contributed by atoms with Gasteiger partial charge in [0.05, 0.1) is 12.3 Å². The Morgan fingerprint density at radius 3 is 2.61 bits per heavy atom. The predicted molar refractivity (Wildman–Crippen MR) is 95.6 cm³/mol. The third-order valence-corrected chi connectivity index (χ3v) is 4.00. The molecule has 0 N–H and O–H groups in total. The molecule has 0 amide bonds. The summed E-state index contributed by atoms with van der Waals surface area (Å²) < 4.78 is 12.6. The van der Waals surface area contributed by atoms with Crippen LogP contribution in [0.5, 0.6) is 0 Å². The summed E-state index contributed by atoms with van der Waals surface area (Å²) in [5.74, 6) is 0.